The van der Waals surface area contributed by atoms with Crippen molar-refractivity contribution in [2.45, 2.75) is 0 Å². The summed E-state index contributed by atoms with van der Waals surface area (Å²) in [5, 5.41) is 1.56. The van der Waals surface area contributed by atoms with Gasteiger partial charge in [0.05, 0.1) is 21.3 Å². The Hall–Kier alpha value is -3.11. The number of carbonyl (C=O) groups excluding carboxylic acids is 3. The summed E-state index contributed by atoms with van der Waals surface area (Å²) in [6, 6.07) is 5.96. The largest absolute Gasteiger partial charge is 0.493 e. The van der Waals surface area contributed by atoms with Gasteiger partial charge < -0.3 is 14.8 Å². The van der Waals surface area contributed by atoms with Crippen LogP contribution in [0.5, 0.6) is 11.5 Å². The molecule has 7 nitrogen and oxygen atoms in total. The molecule has 0 aromatic heterocycles. The lowest BCUT2D eigenvalue weighted by atomic mass is 10.2. The van der Waals surface area contributed by atoms with Crippen molar-refractivity contribution >= 4 is 63.2 Å². The molecule has 3 rings (SSSR count). The summed E-state index contributed by atoms with van der Waals surface area (Å²) in [6.07, 6.45) is 6.71. The maximum Gasteiger partial charge on any atom is 0.294 e. The minimum atomic E-state index is -0.976. The number of ether oxygens (including phenoxy) is 2. The number of halogens is 3. The molecular formula is C22H15F2IN2O5S. The van der Waals surface area contributed by atoms with Crippen LogP contribution in [0.15, 0.2) is 35.2 Å². The third-order valence-electron chi connectivity index (χ3n) is 4.23. The van der Waals surface area contributed by atoms with Crippen molar-refractivity contribution in [2.24, 2.45) is 0 Å². The van der Waals surface area contributed by atoms with E-state index in [-0.39, 0.29) is 17.2 Å². The van der Waals surface area contributed by atoms with Gasteiger partial charge in [-0.05, 0) is 70.3 Å². The number of nitrogens with zero attached hydrogens (tertiary/aromatic N) is 1. The number of carbonyl (C=O) groups is 3. The molecule has 0 radical (unpaired) electrons. The van der Waals surface area contributed by atoms with E-state index in [2.05, 4.69) is 11.2 Å². The van der Waals surface area contributed by atoms with Crippen molar-refractivity contribution in [3.05, 3.63) is 56.0 Å². The molecule has 0 spiro atoms. The monoisotopic (exact) mass is 584 g/mol. The number of thioether (sulfide) groups is 1. The molecule has 0 bridgehead atoms. The second kappa shape index (κ2) is 10.7. The number of anilines is 1. The topological polar surface area (TPSA) is 84.9 Å². The molecule has 1 aliphatic heterocycles. The third-order valence-corrected chi connectivity index (χ3v) is 5.94. The van der Waals surface area contributed by atoms with E-state index >= 15 is 0 Å². The Morgan fingerprint density at radius 1 is 1.30 bits per heavy atom. The van der Waals surface area contributed by atoms with Gasteiger partial charge in [0, 0.05) is 6.07 Å². The van der Waals surface area contributed by atoms with Gasteiger partial charge in [0.1, 0.15) is 24.8 Å². The maximum atomic E-state index is 13.7. The highest BCUT2D eigenvalue weighted by Gasteiger charge is 2.36. The molecule has 0 atom stereocenters. The smallest absolute Gasteiger partial charge is 0.294 e. The van der Waals surface area contributed by atoms with E-state index in [0.717, 1.165) is 17.0 Å². The zero-order valence-electron chi connectivity index (χ0n) is 17.0. The minimum absolute atomic E-state index is 0.0501. The van der Waals surface area contributed by atoms with Crippen molar-refractivity contribution < 1.29 is 32.6 Å². The number of rotatable bonds is 7. The first-order valence-electron chi connectivity index (χ1n) is 9.17. The predicted molar refractivity (Wildman–Crippen MR) is 128 cm³/mol. The second-order valence-corrected chi connectivity index (χ2v) is 8.62. The van der Waals surface area contributed by atoms with E-state index < -0.39 is 35.2 Å². The number of terminal acetylenes is 1. The van der Waals surface area contributed by atoms with Crippen LogP contribution in [-0.4, -0.2) is 42.2 Å². The lowest BCUT2D eigenvalue weighted by Crippen LogP contribution is -2.36. The zero-order valence-corrected chi connectivity index (χ0v) is 20.0. The summed E-state index contributed by atoms with van der Waals surface area (Å²) >= 11 is 2.69. The van der Waals surface area contributed by atoms with Gasteiger partial charge in [0.2, 0.25) is 5.91 Å². The average Bonchev–Trinajstić information content (AvgIpc) is 3.02. The molecular weight excluding hydrogens is 569 g/mol. The van der Waals surface area contributed by atoms with Crippen molar-refractivity contribution in [3.8, 4) is 23.8 Å². The van der Waals surface area contributed by atoms with Crippen LogP contribution in [0.1, 0.15) is 5.56 Å². The summed E-state index contributed by atoms with van der Waals surface area (Å²) in [7, 11) is 1.45. The first kappa shape index (κ1) is 24.5. The van der Waals surface area contributed by atoms with Gasteiger partial charge in [0.25, 0.3) is 11.1 Å². The molecule has 1 heterocycles. The highest BCUT2D eigenvalue weighted by atomic mass is 127. The number of nitrogens with one attached hydrogen (secondary N) is 1. The van der Waals surface area contributed by atoms with Crippen LogP contribution in [0.2, 0.25) is 0 Å². The van der Waals surface area contributed by atoms with Crippen LogP contribution in [0.4, 0.5) is 19.3 Å². The summed E-state index contributed by atoms with van der Waals surface area (Å²) in [5.41, 5.74) is 0.297. The summed E-state index contributed by atoms with van der Waals surface area (Å²) in [5.74, 6) is -0.0602. The highest BCUT2D eigenvalue weighted by molar-refractivity contribution is 14.1. The van der Waals surface area contributed by atoms with Crippen molar-refractivity contribution in [3.63, 3.8) is 0 Å². The molecule has 2 aromatic rings. The van der Waals surface area contributed by atoms with Crippen LogP contribution in [0, 0.1) is 27.5 Å². The van der Waals surface area contributed by atoms with Crippen molar-refractivity contribution in [2.75, 3.05) is 25.6 Å². The SMILES string of the molecule is C#CCOc1c(I)cc(/C=C2/SC(=O)N(CC(=O)Nc3ccc(F)cc3F)C2=O)cc1OC. The van der Waals surface area contributed by atoms with E-state index in [1.54, 1.807) is 12.1 Å². The number of imide groups is 1. The molecule has 3 amide bonds. The normalized spacial score (nSPS) is 14.4. The Bertz CT molecular complexity index is 1210. The minimum Gasteiger partial charge on any atom is -0.493 e. The molecule has 1 N–H and O–H groups in total. The average molecular weight is 584 g/mol. The first-order valence-corrected chi connectivity index (χ1v) is 11.1. The van der Waals surface area contributed by atoms with Crippen LogP contribution in [0.3, 0.4) is 0 Å². The maximum absolute atomic E-state index is 13.7. The molecule has 0 saturated carbocycles. The lowest BCUT2D eigenvalue weighted by Gasteiger charge is -2.13. The van der Waals surface area contributed by atoms with Gasteiger partial charge in [0.15, 0.2) is 11.5 Å². The Labute approximate surface area is 205 Å². The van der Waals surface area contributed by atoms with Gasteiger partial charge in [-0.2, -0.15) is 0 Å². The van der Waals surface area contributed by atoms with Crippen LogP contribution < -0.4 is 14.8 Å². The fraction of sp³-hybridized carbons (Fsp3) is 0.136. The summed E-state index contributed by atoms with van der Waals surface area (Å²) < 4.78 is 38.2. The highest BCUT2D eigenvalue weighted by Crippen LogP contribution is 2.37. The fourth-order valence-corrected chi connectivity index (χ4v) is 4.41. The molecule has 1 saturated heterocycles. The van der Waals surface area contributed by atoms with E-state index in [9.17, 15) is 23.2 Å². The number of amides is 3. The van der Waals surface area contributed by atoms with Gasteiger partial charge in [-0.15, -0.1) is 6.42 Å². The van der Waals surface area contributed by atoms with Crippen molar-refractivity contribution in [1.82, 2.24) is 4.90 Å². The van der Waals surface area contributed by atoms with E-state index in [4.69, 9.17) is 15.9 Å². The molecule has 0 aliphatic carbocycles. The lowest BCUT2D eigenvalue weighted by molar-refractivity contribution is -0.127. The molecule has 0 unspecified atom stereocenters. The predicted octanol–water partition coefficient (Wildman–Crippen LogP) is 4.27. The van der Waals surface area contributed by atoms with Crippen LogP contribution in [-0.2, 0) is 9.59 Å². The molecule has 2 aromatic carbocycles. The third kappa shape index (κ3) is 5.82. The summed E-state index contributed by atoms with van der Waals surface area (Å²) in [4.78, 5) is 38.1. The standard InChI is InChI=1S/C22H15F2IN2O5S/c1-3-6-32-20-15(25)7-12(8-17(20)31-2)9-18-21(29)27(22(30)33-18)11-19(28)26-16-5-4-13(23)10-14(16)24/h1,4-5,7-10H,6,11H2,2H3,(H,26,28)/b18-9+. The van der Waals surface area contributed by atoms with Crippen molar-refractivity contribution in [1.29, 1.82) is 0 Å². The Morgan fingerprint density at radius 3 is 2.73 bits per heavy atom. The molecule has 170 valence electrons. The quantitative estimate of drug-likeness (QED) is 0.298. The summed E-state index contributed by atoms with van der Waals surface area (Å²) in [6.45, 7) is -0.576. The number of benzene rings is 2. The van der Waals surface area contributed by atoms with Gasteiger partial charge in [-0.1, -0.05) is 5.92 Å². The molecule has 1 fully saturated rings. The van der Waals surface area contributed by atoms with E-state index in [1.807, 2.05) is 22.6 Å². The zero-order chi connectivity index (χ0) is 24.1. The first-order chi connectivity index (χ1) is 15.7. The Kier molecular flexibility index (Phi) is 7.93. The van der Waals surface area contributed by atoms with Gasteiger partial charge in [-0.25, -0.2) is 8.78 Å². The molecule has 1 aliphatic rings. The van der Waals surface area contributed by atoms with E-state index in [0.29, 0.717) is 38.5 Å². The fourth-order valence-electron chi connectivity index (χ4n) is 2.79. The molecule has 33 heavy (non-hydrogen) atoms. The van der Waals surface area contributed by atoms with Gasteiger partial charge >= 0.3 is 0 Å². The van der Waals surface area contributed by atoms with Gasteiger partial charge in [-0.3, -0.25) is 19.3 Å². The number of hydrogen-bond acceptors (Lipinski definition) is 6. The Balaban J connectivity index is 1.76. The van der Waals surface area contributed by atoms with E-state index in [1.165, 1.54) is 13.2 Å². The molecule has 11 heteroatoms. The van der Waals surface area contributed by atoms with Crippen LogP contribution >= 0.6 is 34.4 Å². The number of hydrogen-bond donors (Lipinski definition) is 1. The Morgan fingerprint density at radius 2 is 2.06 bits per heavy atom. The number of methoxy groups -OCH3 is 1. The van der Waals surface area contributed by atoms with Crippen LogP contribution in [0.25, 0.3) is 6.08 Å². The second-order valence-electron chi connectivity index (χ2n) is 6.47.